The fourth-order valence-corrected chi connectivity index (χ4v) is 1.71. The molecule has 1 heterocycles. The van der Waals surface area contributed by atoms with Gasteiger partial charge >= 0.3 is 5.97 Å². The van der Waals surface area contributed by atoms with Gasteiger partial charge in [0.15, 0.2) is 0 Å². The summed E-state index contributed by atoms with van der Waals surface area (Å²) in [6.45, 7) is 0.563. The number of hydrogen-bond acceptors (Lipinski definition) is 3. The number of hydrogen-bond donors (Lipinski definition) is 2. The van der Waals surface area contributed by atoms with Crippen LogP contribution in [0.5, 0.6) is 0 Å². The molecule has 1 aromatic carbocycles. The number of nitrogens with zero attached hydrogens (tertiary/aromatic N) is 1. The van der Waals surface area contributed by atoms with Crippen LogP contribution in [0.1, 0.15) is 15.9 Å². The summed E-state index contributed by atoms with van der Waals surface area (Å²) in [6, 6.07) is 12.5. The molecule has 0 saturated carbocycles. The van der Waals surface area contributed by atoms with Crippen LogP contribution in [0, 0.1) is 0 Å². The maximum Gasteiger partial charge on any atom is 0.335 e. The average molecular weight is 263 g/mol. The number of carbonyl (C=O) groups is 1. The van der Waals surface area contributed by atoms with Crippen LogP contribution >= 0.6 is 11.6 Å². The van der Waals surface area contributed by atoms with E-state index in [1.807, 2.05) is 30.3 Å². The second-order valence-electron chi connectivity index (χ2n) is 3.71. The Morgan fingerprint density at radius 2 is 2.00 bits per heavy atom. The number of aromatic carboxylic acids is 1. The molecule has 2 aromatic rings. The molecule has 4 nitrogen and oxygen atoms in total. The number of rotatable bonds is 4. The Balaban J connectivity index is 2.12. The summed E-state index contributed by atoms with van der Waals surface area (Å²) in [6.07, 6.45) is 0. The van der Waals surface area contributed by atoms with E-state index in [0.29, 0.717) is 12.4 Å². The molecule has 0 radical (unpaired) electrons. The van der Waals surface area contributed by atoms with Crippen molar-refractivity contribution >= 4 is 23.4 Å². The zero-order valence-corrected chi connectivity index (χ0v) is 10.2. The molecule has 0 fully saturated rings. The van der Waals surface area contributed by atoms with Gasteiger partial charge in [-0.2, -0.15) is 0 Å². The van der Waals surface area contributed by atoms with Crippen molar-refractivity contribution in [3.05, 3.63) is 58.7 Å². The van der Waals surface area contributed by atoms with Crippen molar-refractivity contribution in [2.75, 3.05) is 5.32 Å². The van der Waals surface area contributed by atoms with Crippen LogP contribution in [0.3, 0.4) is 0 Å². The maximum absolute atomic E-state index is 10.9. The molecule has 0 aliphatic carbocycles. The first kappa shape index (κ1) is 12.4. The van der Waals surface area contributed by atoms with E-state index >= 15 is 0 Å². The lowest BCUT2D eigenvalue weighted by molar-refractivity contribution is 0.0697. The van der Waals surface area contributed by atoms with Crippen LogP contribution in [-0.4, -0.2) is 16.1 Å². The normalized spacial score (nSPS) is 10.1. The van der Waals surface area contributed by atoms with Crippen LogP contribution in [0.2, 0.25) is 5.15 Å². The molecular formula is C13H11ClN2O2. The summed E-state index contributed by atoms with van der Waals surface area (Å²) in [5, 5.41) is 12.1. The van der Waals surface area contributed by atoms with Gasteiger partial charge in [0, 0.05) is 6.54 Å². The lowest BCUT2D eigenvalue weighted by Crippen LogP contribution is -2.04. The van der Waals surface area contributed by atoms with Crippen LogP contribution in [-0.2, 0) is 6.54 Å². The van der Waals surface area contributed by atoms with Gasteiger partial charge in [0.1, 0.15) is 11.0 Å². The number of anilines is 1. The monoisotopic (exact) mass is 262 g/mol. The Bertz CT molecular complexity index is 558. The highest BCUT2D eigenvalue weighted by molar-refractivity contribution is 6.29. The number of benzene rings is 1. The van der Waals surface area contributed by atoms with Gasteiger partial charge in [0.05, 0.1) is 5.56 Å². The van der Waals surface area contributed by atoms with E-state index in [-0.39, 0.29) is 10.7 Å². The van der Waals surface area contributed by atoms with Gasteiger partial charge in [-0.3, -0.25) is 0 Å². The number of pyridine rings is 1. The Labute approximate surface area is 109 Å². The minimum atomic E-state index is -1.03. The van der Waals surface area contributed by atoms with Crippen LogP contribution in [0.4, 0.5) is 5.82 Å². The highest BCUT2D eigenvalue weighted by atomic mass is 35.5. The molecule has 0 bridgehead atoms. The number of carboxylic acids is 1. The van der Waals surface area contributed by atoms with Crippen molar-refractivity contribution in [2.45, 2.75) is 6.54 Å². The summed E-state index contributed by atoms with van der Waals surface area (Å²) in [5.74, 6) is -0.578. The van der Waals surface area contributed by atoms with E-state index in [2.05, 4.69) is 10.3 Å². The van der Waals surface area contributed by atoms with E-state index in [4.69, 9.17) is 16.7 Å². The first-order valence-corrected chi connectivity index (χ1v) is 5.71. The molecule has 0 saturated heterocycles. The first-order valence-electron chi connectivity index (χ1n) is 5.34. The average Bonchev–Trinajstić information content (AvgIpc) is 2.37. The molecule has 0 unspecified atom stereocenters. The zero-order valence-electron chi connectivity index (χ0n) is 9.43. The fourth-order valence-electron chi connectivity index (χ4n) is 1.50. The topological polar surface area (TPSA) is 62.2 Å². The Morgan fingerprint density at radius 1 is 1.28 bits per heavy atom. The SMILES string of the molecule is O=C(O)c1cc(Cl)nc(NCc2ccccc2)c1. The Hall–Kier alpha value is -2.07. The minimum Gasteiger partial charge on any atom is -0.478 e. The van der Waals surface area contributed by atoms with Gasteiger partial charge in [-0.25, -0.2) is 9.78 Å². The Kier molecular flexibility index (Phi) is 3.79. The maximum atomic E-state index is 10.9. The van der Waals surface area contributed by atoms with Gasteiger partial charge in [-0.1, -0.05) is 41.9 Å². The number of nitrogens with one attached hydrogen (secondary N) is 1. The minimum absolute atomic E-state index is 0.116. The largest absolute Gasteiger partial charge is 0.478 e. The fraction of sp³-hybridized carbons (Fsp3) is 0.0769. The molecule has 2 rings (SSSR count). The molecule has 0 aliphatic rings. The van der Waals surface area contributed by atoms with Crippen molar-refractivity contribution in [2.24, 2.45) is 0 Å². The second kappa shape index (κ2) is 5.51. The van der Waals surface area contributed by atoms with Gasteiger partial charge in [-0.05, 0) is 17.7 Å². The molecule has 5 heteroatoms. The summed E-state index contributed by atoms with van der Waals surface area (Å²) >= 11 is 5.76. The van der Waals surface area contributed by atoms with E-state index in [9.17, 15) is 4.79 Å². The lowest BCUT2D eigenvalue weighted by Gasteiger charge is -2.07. The van der Waals surface area contributed by atoms with Crippen molar-refractivity contribution in [3.8, 4) is 0 Å². The highest BCUT2D eigenvalue weighted by Gasteiger charge is 2.07. The summed E-state index contributed by atoms with van der Waals surface area (Å²) < 4.78 is 0. The van der Waals surface area contributed by atoms with E-state index in [0.717, 1.165) is 5.56 Å². The second-order valence-corrected chi connectivity index (χ2v) is 4.10. The van der Waals surface area contributed by atoms with Gasteiger partial charge in [0.25, 0.3) is 0 Å². The third-order valence-corrected chi connectivity index (χ3v) is 2.55. The third-order valence-electron chi connectivity index (χ3n) is 2.36. The van der Waals surface area contributed by atoms with Crippen LogP contribution in [0.15, 0.2) is 42.5 Å². The third kappa shape index (κ3) is 3.21. The Morgan fingerprint density at radius 3 is 2.67 bits per heavy atom. The van der Waals surface area contributed by atoms with Crippen molar-refractivity contribution in [1.82, 2.24) is 4.98 Å². The van der Waals surface area contributed by atoms with Gasteiger partial charge in [0.2, 0.25) is 0 Å². The molecule has 18 heavy (non-hydrogen) atoms. The first-order chi connectivity index (χ1) is 8.65. The summed E-state index contributed by atoms with van der Waals surface area (Å²) in [4.78, 5) is 14.9. The van der Waals surface area contributed by atoms with Crippen molar-refractivity contribution in [3.63, 3.8) is 0 Å². The molecule has 2 N–H and O–H groups in total. The molecule has 0 amide bonds. The molecule has 0 aliphatic heterocycles. The van der Waals surface area contributed by atoms with Crippen LogP contribution < -0.4 is 5.32 Å². The zero-order chi connectivity index (χ0) is 13.0. The standard InChI is InChI=1S/C13H11ClN2O2/c14-11-6-10(13(17)18)7-12(16-11)15-8-9-4-2-1-3-5-9/h1-7H,8H2,(H,15,16)(H,17,18). The molecular weight excluding hydrogens is 252 g/mol. The quantitative estimate of drug-likeness (QED) is 0.832. The predicted molar refractivity (Wildman–Crippen MR) is 70.0 cm³/mol. The van der Waals surface area contributed by atoms with E-state index in [1.54, 1.807) is 0 Å². The van der Waals surface area contributed by atoms with Crippen molar-refractivity contribution in [1.29, 1.82) is 0 Å². The highest BCUT2D eigenvalue weighted by Crippen LogP contribution is 2.15. The van der Waals surface area contributed by atoms with Gasteiger partial charge in [-0.15, -0.1) is 0 Å². The van der Waals surface area contributed by atoms with Crippen molar-refractivity contribution < 1.29 is 9.90 Å². The summed E-state index contributed by atoms with van der Waals surface area (Å²) in [7, 11) is 0. The van der Waals surface area contributed by atoms with E-state index < -0.39 is 5.97 Å². The van der Waals surface area contributed by atoms with E-state index in [1.165, 1.54) is 12.1 Å². The van der Waals surface area contributed by atoms with Crippen LogP contribution in [0.25, 0.3) is 0 Å². The molecule has 1 aromatic heterocycles. The number of aromatic nitrogens is 1. The predicted octanol–water partition coefficient (Wildman–Crippen LogP) is 3.05. The molecule has 0 spiro atoms. The molecule has 0 atom stereocenters. The summed E-state index contributed by atoms with van der Waals surface area (Å²) in [5.41, 5.74) is 1.20. The number of carboxylic acid groups (broad SMARTS) is 1. The van der Waals surface area contributed by atoms with Gasteiger partial charge < -0.3 is 10.4 Å². The lowest BCUT2D eigenvalue weighted by atomic mass is 10.2. The smallest absolute Gasteiger partial charge is 0.335 e. The molecule has 92 valence electrons. The number of halogens is 1.